The first-order valence-corrected chi connectivity index (χ1v) is 6.95. The summed E-state index contributed by atoms with van der Waals surface area (Å²) in [6.45, 7) is 4.34. The van der Waals surface area contributed by atoms with Crippen LogP contribution in [0.4, 0.5) is 5.69 Å². The molecule has 1 amide bonds. The number of hydrogen-bond acceptors (Lipinski definition) is 2. The van der Waals surface area contributed by atoms with Gasteiger partial charge in [0, 0.05) is 17.8 Å². The van der Waals surface area contributed by atoms with E-state index in [0.29, 0.717) is 18.5 Å². The number of carbonyl (C=O) groups is 1. The first-order valence-electron chi connectivity index (χ1n) is 6.95. The Morgan fingerprint density at radius 1 is 1.10 bits per heavy atom. The second-order valence-corrected chi connectivity index (χ2v) is 4.95. The molecule has 2 rings (SSSR count). The second kappa shape index (κ2) is 6.71. The van der Waals surface area contributed by atoms with Gasteiger partial charge in [-0.25, -0.2) is 0 Å². The van der Waals surface area contributed by atoms with Crippen LogP contribution in [0.3, 0.4) is 0 Å². The van der Waals surface area contributed by atoms with E-state index in [2.05, 4.69) is 6.07 Å². The molecule has 0 spiro atoms. The van der Waals surface area contributed by atoms with Crippen LogP contribution in [0, 0.1) is 25.2 Å². The summed E-state index contributed by atoms with van der Waals surface area (Å²) in [6.07, 6.45) is 0.311. The Balaban J connectivity index is 2.39. The molecule has 0 radical (unpaired) electrons. The standard InChI is InChI=1S/C18H18N2O/c1-14-8-6-11-17(15(14)2)18(21)20(13-7-12-19)16-9-4-3-5-10-16/h3-6,8-11H,7,13H2,1-2H3. The Labute approximate surface area is 125 Å². The molecule has 0 bridgehead atoms. The highest BCUT2D eigenvalue weighted by molar-refractivity contribution is 6.07. The van der Waals surface area contributed by atoms with Crippen molar-refractivity contribution in [2.45, 2.75) is 20.3 Å². The summed E-state index contributed by atoms with van der Waals surface area (Å²) in [7, 11) is 0. The van der Waals surface area contributed by atoms with Gasteiger partial charge in [-0.1, -0.05) is 30.3 Å². The Hall–Kier alpha value is -2.60. The highest BCUT2D eigenvalue weighted by Crippen LogP contribution is 2.20. The van der Waals surface area contributed by atoms with Crippen molar-refractivity contribution < 1.29 is 4.79 Å². The van der Waals surface area contributed by atoms with Crippen LogP contribution in [0.5, 0.6) is 0 Å². The number of carbonyl (C=O) groups excluding carboxylic acids is 1. The maximum Gasteiger partial charge on any atom is 0.258 e. The third-order valence-corrected chi connectivity index (χ3v) is 3.60. The molecule has 0 saturated heterocycles. The normalized spacial score (nSPS) is 9.95. The molecule has 0 unspecified atom stereocenters. The number of hydrogen-bond donors (Lipinski definition) is 0. The highest BCUT2D eigenvalue weighted by Gasteiger charge is 2.19. The minimum Gasteiger partial charge on any atom is -0.307 e. The van der Waals surface area contributed by atoms with Crippen LogP contribution in [-0.2, 0) is 0 Å². The molecule has 0 aliphatic rings. The molecule has 0 fully saturated rings. The highest BCUT2D eigenvalue weighted by atomic mass is 16.2. The molecule has 0 N–H and O–H groups in total. The van der Waals surface area contributed by atoms with Gasteiger partial charge >= 0.3 is 0 Å². The number of amides is 1. The van der Waals surface area contributed by atoms with E-state index >= 15 is 0 Å². The number of para-hydroxylation sites is 1. The molecule has 21 heavy (non-hydrogen) atoms. The lowest BCUT2D eigenvalue weighted by Gasteiger charge is -2.23. The quantitative estimate of drug-likeness (QED) is 0.852. The maximum absolute atomic E-state index is 12.8. The molecule has 106 valence electrons. The average molecular weight is 278 g/mol. The molecule has 2 aromatic carbocycles. The van der Waals surface area contributed by atoms with Crippen molar-refractivity contribution in [2.24, 2.45) is 0 Å². The average Bonchev–Trinajstić information content (AvgIpc) is 2.51. The number of nitrogens with zero attached hydrogens (tertiary/aromatic N) is 2. The van der Waals surface area contributed by atoms with Crippen molar-refractivity contribution in [3.8, 4) is 6.07 Å². The van der Waals surface area contributed by atoms with E-state index in [-0.39, 0.29) is 5.91 Å². The summed E-state index contributed by atoms with van der Waals surface area (Å²) >= 11 is 0. The van der Waals surface area contributed by atoms with Gasteiger partial charge in [-0.2, -0.15) is 5.26 Å². The lowest BCUT2D eigenvalue weighted by atomic mass is 10.0. The predicted octanol–water partition coefficient (Wildman–Crippen LogP) is 3.86. The van der Waals surface area contributed by atoms with Gasteiger partial charge in [-0.15, -0.1) is 0 Å². The van der Waals surface area contributed by atoms with Crippen molar-refractivity contribution in [3.05, 3.63) is 65.2 Å². The first-order chi connectivity index (χ1) is 10.1. The number of aryl methyl sites for hydroxylation is 1. The molecular weight excluding hydrogens is 260 g/mol. The zero-order chi connectivity index (χ0) is 15.2. The summed E-state index contributed by atoms with van der Waals surface area (Å²) in [6, 6.07) is 17.3. The first kappa shape index (κ1) is 14.8. The Kier molecular flexibility index (Phi) is 4.73. The molecule has 0 atom stereocenters. The number of nitriles is 1. The van der Waals surface area contributed by atoms with Crippen LogP contribution >= 0.6 is 0 Å². The lowest BCUT2D eigenvalue weighted by Crippen LogP contribution is -2.32. The Morgan fingerprint density at radius 2 is 1.81 bits per heavy atom. The fourth-order valence-electron chi connectivity index (χ4n) is 2.25. The summed E-state index contributed by atoms with van der Waals surface area (Å²) in [5, 5.41) is 8.83. The Bertz CT molecular complexity index is 671. The van der Waals surface area contributed by atoms with Gasteiger partial charge in [0.25, 0.3) is 5.91 Å². The van der Waals surface area contributed by atoms with Gasteiger partial charge < -0.3 is 4.90 Å². The largest absolute Gasteiger partial charge is 0.307 e. The predicted molar refractivity (Wildman–Crippen MR) is 84.3 cm³/mol. The van der Waals surface area contributed by atoms with Crippen LogP contribution in [0.15, 0.2) is 48.5 Å². The van der Waals surface area contributed by atoms with Crippen LogP contribution < -0.4 is 4.90 Å². The van der Waals surface area contributed by atoms with Crippen LogP contribution in [0.2, 0.25) is 0 Å². The molecule has 3 heteroatoms. The van der Waals surface area contributed by atoms with E-state index in [9.17, 15) is 4.79 Å². The summed E-state index contributed by atoms with van der Waals surface area (Å²) in [4.78, 5) is 14.5. The molecule has 2 aromatic rings. The van der Waals surface area contributed by atoms with Crippen molar-refractivity contribution in [1.29, 1.82) is 5.26 Å². The van der Waals surface area contributed by atoms with Gasteiger partial charge in [0.2, 0.25) is 0 Å². The number of benzene rings is 2. The third kappa shape index (κ3) is 3.29. The van der Waals surface area contributed by atoms with E-state index in [1.807, 2.05) is 62.4 Å². The summed E-state index contributed by atoms with van der Waals surface area (Å²) in [5.74, 6) is -0.0577. The monoisotopic (exact) mass is 278 g/mol. The molecule has 0 aromatic heterocycles. The molecule has 0 aliphatic carbocycles. The number of anilines is 1. The fraction of sp³-hybridized carbons (Fsp3) is 0.222. The summed E-state index contributed by atoms with van der Waals surface area (Å²) in [5.41, 5.74) is 3.59. The maximum atomic E-state index is 12.8. The van der Waals surface area contributed by atoms with Gasteiger partial charge in [0.1, 0.15) is 0 Å². The molecule has 0 saturated carbocycles. The van der Waals surface area contributed by atoms with Crippen molar-refractivity contribution in [1.82, 2.24) is 0 Å². The second-order valence-electron chi connectivity index (χ2n) is 4.95. The zero-order valence-corrected chi connectivity index (χ0v) is 12.3. The van der Waals surface area contributed by atoms with Crippen LogP contribution in [0.1, 0.15) is 27.9 Å². The number of rotatable bonds is 4. The summed E-state index contributed by atoms with van der Waals surface area (Å²) < 4.78 is 0. The molecular formula is C18H18N2O. The molecule has 0 aliphatic heterocycles. The van der Waals surface area contributed by atoms with Gasteiger partial charge in [0.05, 0.1) is 12.5 Å². The van der Waals surface area contributed by atoms with Crippen molar-refractivity contribution >= 4 is 11.6 Å². The molecule has 3 nitrogen and oxygen atoms in total. The van der Waals surface area contributed by atoms with Crippen molar-refractivity contribution in [3.63, 3.8) is 0 Å². The van der Waals surface area contributed by atoms with Crippen LogP contribution in [0.25, 0.3) is 0 Å². The smallest absolute Gasteiger partial charge is 0.258 e. The van der Waals surface area contributed by atoms with E-state index < -0.39 is 0 Å². The van der Waals surface area contributed by atoms with Gasteiger partial charge in [-0.3, -0.25) is 4.79 Å². The minimum absolute atomic E-state index is 0.0577. The topological polar surface area (TPSA) is 44.1 Å². The lowest BCUT2D eigenvalue weighted by molar-refractivity contribution is 0.0987. The zero-order valence-electron chi connectivity index (χ0n) is 12.3. The third-order valence-electron chi connectivity index (χ3n) is 3.60. The molecule has 0 heterocycles. The van der Waals surface area contributed by atoms with E-state index in [0.717, 1.165) is 16.8 Å². The van der Waals surface area contributed by atoms with E-state index in [4.69, 9.17) is 5.26 Å². The van der Waals surface area contributed by atoms with E-state index in [1.54, 1.807) is 4.90 Å². The van der Waals surface area contributed by atoms with Crippen molar-refractivity contribution in [2.75, 3.05) is 11.4 Å². The van der Waals surface area contributed by atoms with Crippen LogP contribution in [-0.4, -0.2) is 12.5 Å². The minimum atomic E-state index is -0.0577. The fourth-order valence-corrected chi connectivity index (χ4v) is 2.25. The van der Waals surface area contributed by atoms with Gasteiger partial charge in [-0.05, 0) is 43.2 Å². The SMILES string of the molecule is Cc1cccc(C(=O)N(CCC#N)c2ccccc2)c1C. The van der Waals surface area contributed by atoms with Gasteiger partial charge in [0.15, 0.2) is 0 Å². The van der Waals surface area contributed by atoms with E-state index in [1.165, 1.54) is 0 Å². The Morgan fingerprint density at radius 3 is 2.48 bits per heavy atom.